The van der Waals surface area contributed by atoms with Crippen molar-refractivity contribution in [3.63, 3.8) is 0 Å². The normalized spacial score (nSPS) is 25.5. The zero-order valence-electron chi connectivity index (χ0n) is 20.7. The van der Waals surface area contributed by atoms with Gasteiger partial charge in [-0.2, -0.15) is 13.2 Å². The number of carbonyl (C=O) groups is 3. The van der Waals surface area contributed by atoms with Crippen LogP contribution in [0.25, 0.3) is 5.57 Å². The average Bonchev–Trinajstić information content (AvgIpc) is 3.25. The van der Waals surface area contributed by atoms with Crippen molar-refractivity contribution in [3.05, 3.63) is 65.2 Å². The predicted octanol–water partition coefficient (Wildman–Crippen LogP) is 5.41. The van der Waals surface area contributed by atoms with Crippen LogP contribution in [0.5, 0.6) is 0 Å². The molecule has 0 radical (unpaired) electrons. The number of carbonyl (C=O) groups excluding carboxylic acids is 3. The summed E-state index contributed by atoms with van der Waals surface area (Å²) in [7, 11) is 0. The van der Waals surface area contributed by atoms with Gasteiger partial charge in [0.05, 0.1) is 29.1 Å². The maximum absolute atomic E-state index is 13.8. The number of amides is 2. The molecule has 2 saturated heterocycles. The smallest absolute Gasteiger partial charge is 0.353 e. The topological polar surface area (TPSA) is 57.7 Å². The van der Waals surface area contributed by atoms with Crippen molar-refractivity contribution in [1.82, 2.24) is 0 Å². The summed E-state index contributed by atoms with van der Waals surface area (Å²) in [6.45, 7) is 9.20. The fourth-order valence-corrected chi connectivity index (χ4v) is 5.78. The highest BCUT2D eigenvalue weighted by Gasteiger charge is 2.65. The number of halogens is 3. The third kappa shape index (κ3) is 3.49. The highest BCUT2D eigenvalue weighted by molar-refractivity contribution is 6.25. The van der Waals surface area contributed by atoms with Gasteiger partial charge in [0.2, 0.25) is 11.8 Å². The van der Waals surface area contributed by atoms with Gasteiger partial charge in [-0.05, 0) is 49.8 Å². The predicted molar refractivity (Wildman–Crippen MR) is 130 cm³/mol. The Kier molecular flexibility index (Phi) is 5.25. The molecule has 0 aliphatic carbocycles. The molecule has 36 heavy (non-hydrogen) atoms. The number of rotatable bonds is 2. The molecule has 3 heterocycles. The molecule has 3 aliphatic rings. The van der Waals surface area contributed by atoms with Gasteiger partial charge in [0.15, 0.2) is 5.78 Å². The van der Waals surface area contributed by atoms with E-state index in [1.54, 1.807) is 20.8 Å². The third-order valence-corrected chi connectivity index (χ3v) is 7.44. The molecule has 8 heteroatoms. The average molecular weight is 497 g/mol. The Morgan fingerprint density at radius 2 is 1.58 bits per heavy atom. The Bertz CT molecular complexity index is 1340. The van der Waals surface area contributed by atoms with Crippen molar-refractivity contribution < 1.29 is 27.6 Å². The monoisotopic (exact) mass is 496 g/mol. The van der Waals surface area contributed by atoms with E-state index in [1.807, 2.05) is 43.0 Å². The minimum atomic E-state index is -4.62. The Morgan fingerprint density at radius 1 is 0.917 bits per heavy atom. The number of ketones is 1. The molecule has 5 rings (SSSR count). The largest absolute Gasteiger partial charge is 0.416 e. The fourth-order valence-electron chi connectivity index (χ4n) is 5.78. The lowest BCUT2D eigenvalue weighted by Crippen LogP contribution is -2.51. The summed E-state index contributed by atoms with van der Waals surface area (Å²) in [5.41, 5.74) is 1.81. The van der Waals surface area contributed by atoms with E-state index in [-0.39, 0.29) is 11.5 Å². The summed E-state index contributed by atoms with van der Waals surface area (Å²) in [4.78, 5) is 44.1. The number of hydrogen-bond donors (Lipinski definition) is 0. The lowest BCUT2D eigenvalue weighted by atomic mass is 9.79. The van der Waals surface area contributed by atoms with Gasteiger partial charge in [0, 0.05) is 16.7 Å². The van der Waals surface area contributed by atoms with Crippen LogP contribution in [-0.4, -0.2) is 29.7 Å². The molecule has 2 amide bonds. The lowest BCUT2D eigenvalue weighted by molar-refractivity contribution is -0.137. The zero-order valence-corrected chi connectivity index (χ0v) is 20.7. The van der Waals surface area contributed by atoms with Gasteiger partial charge in [0.1, 0.15) is 6.04 Å². The quantitative estimate of drug-likeness (QED) is 0.522. The Hall–Kier alpha value is -3.42. The zero-order chi connectivity index (χ0) is 26.3. The summed E-state index contributed by atoms with van der Waals surface area (Å²) in [5, 5.41) is 0. The number of alkyl halides is 3. The summed E-state index contributed by atoms with van der Waals surface area (Å²) in [6, 6.07) is 8.60. The minimum Gasteiger partial charge on any atom is -0.353 e. The first-order valence-electron chi connectivity index (χ1n) is 11.9. The van der Waals surface area contributed by atoms with Crippen LogP contribution in [0.1, 0.15) is 44.4 Å². The van der Waals surface area contributed by atoms with Crippen LogP contribution >= 0.6 is 0 Å². The molecule has 5 nitrogen and oxygen atoms in total. The van der Waals surface area contributed by atoms with Crippen LogP contribution in [0.4, 0.5) is 24.5 Å². The van der Waals surface area contributed by atoms with E-state index < -0.39 is 52.9 Å². The maximum Gasteiger partial charge on any atom is 0.416 e. The molecule has 0 N–H and O–H groups in total. The van der Waals surface area contributed by atoms with E-state index in [1.165, 1.54) is 12.1 Å². The van der Waals surface area contributed by atoms with E-state index in [0.29, 0.717) is 0 Å². The van der Waals surface area contributed by atoms with Crippen LogP contribution in [0.2, 0.25) is 0 Å². The molecule has 2 aromatic carbocycles. The van der Waals surface area contributed by atoms with E-state index >= 15 is 0 Å². The van der Waals surface area contributed by atoms with E-state index in [2.05, 4.69) is 0 Å². The first kappa shape index (κ1) is 24.3. The molecular formula is C28H27F3N2O3. The number of nitrogens with zero attached hydrogens (tertiary/aromatic N) is 2. The van der Waals surface area contributed by atoms with Crippen molar-refractivity contribution in [1.29, 1.82) is 0 Å². The first-order chi connectivity index (χ1) is 16.7. The second kappa shape index (κ2) is 7.79. The molecule has 3 aliphatic heterocycles. The lowest BCUT2D eigenvalue weighted by Gasteiger charge is -2.39. The molecule has 2 aromatic rings. The van der Waals surface area contributed by atoms with Gasteiger partial charge in [0.25, 0.3) is 0 Å². The number of aryl methyl sites for hydroxylation is 1. The van der Waals surface area contributed by atoms with Crippen LogP contribution in [0.15, 0.2) is 48.5 Å². The van der Waals surface area contributed by atoms with Gasteiger partial charge >= 0.3 is 6.18 Å². The number of anilines is 2. The highest BCUT2D eigenvalue weighted by atomic mass is 19.4. The molecule has 0 bridgehead atoms. The van der Waals surface area contributed by atoms with Crippen LogP contribution in [0, 0.1) is 24.2 Å². The van der Waals surface area contributed by atoms with Crippen LogP contribution in [-0.2, 0) is 20.6 Å². The Labute approximate surface area is 207 Å². The fraction of sp³-hybridized carbons (Fsp3) is 0.393. The summed E-state index contributed by atoms with van der Waals surface area (Å²) < 4.78 is 40.1. The molecule has 2 fully saturated rings. The highest BCUT2D eigenvalue weighted by Crippen LogP contribution is 2.52. The number of allylic oxidation sites excluding steroid dienone is 1. The van der Waals surface area contributed by atoms with Gasteiger partial charge in [-0.15, -0.1) is 0 Å². The number of fused-ring (bicyclic) bond motifs is 5. The molecule has 0 aromatic heterocycles. The summed E-state index contributed by atoms with van der Waals surface area (Å²) in [5.74, 6) is -3.29. The van der Waals surface area contributed by atoms with Crippen LogP contribution in [0.3, 0.4) is 0 Å². The number of Topliss-reactive ketones (excluding diaryl/α,β-unsaturated/α-hetero) is 1. The Morgan fingerprint density at radius 3 is 2.22 bits per heavy atom. The van der Waals surface area contributed by atoms with Gasteiger partial charge in [-0.1, -0.05) is 44.5 Å². The van der Waals surface area contributed by atoms with Crippen molar-refractivity contribution in [2.24, 2.45) is 17.3 Å². The third-order valence-electron chi connectivity index (χ3n) is 7.44. The van der Waals surface area contributed by atoms with E-state index in [0.717, 1.165) is 39.4 Å². The molecule has 4 atom stereocenters. The molecule has 4 unspecified atom stereocenters. The Balaban J connectivity index is 1.66. The van der Waals surface area contributed by atoms with Crippen molar-refractivity contribution >= 4 is 34.5 Å². The molecule has 0 saturated carbocycles. The molecule has 0 spiro atoms. The van der Waals surface area contributed by atoms with Crippen LogP contribution < -0.4 is 9.80 Å². The summed E-state index contributed by atoms with van der Waals surface area (Å²) >= 11 is 0. The first-order valence-corrected chi connectivity index (χ1v) is 11.9. The maximum atomic E-state index is 13.8. The van der Waals surface area contributed by atoms with Crippen molar-refractivity contribution in [3.8, 4) is 0 Å². The van der Waals surface area contributed by atoms with Crippen molar-refractivity contribution in [2.75, 3.05) is 9.80 Å². The second-order valence-electron chi connectivity index (χ2n) is 10.9. The molecular weight excluding hydrogens is 469 g/mol. The summed E-state index contributed by atoms with van der Waals surface area (Å²) in [6.07, 6.45) is -2.71. The number of benzene rings is 2. The minimum absolute atomic E-state index is 0.129. The van der Waals surface area contributed by atoms with E-state index in [9.17, 15) is 27.6 Å². The van der Waals surface area contributed by atoms with Crippen molar-refractivity contribution in [2.45, 2.75) is 52.9 Å². The second-order valence-corrected chi connectivity index (χ2v) is 10.9. The standard InChI is InChI=1S/C28H27F3N2O3/c1-14-9-10-19-18(11-14)15(2)12-20-21-22(23(33(19)20)24(34)27(3,4)5)26(36)32(25(21)35)17-8-6-7-16(13-17)28(29,30)31/h6-13,20-23H,1-5H3. The van der Waals surface area contributed by atoms with E-state index in [4.69, 9.17) is 0 Å². The SMILES string of the molecule is CC1=CC2C3C(=O)N(c4cccc(C(F)(F)F)c4)C(=O)C3C(C(=O)C(C)(C)C)N2c2ccc(C)cc21. The molecule has 188 valence electrons. The number of hydrogen-bond acceptors (Lipinski definition) is 4. The van der Waals surface area contributed by atoms with Gasteiger partial charge in [-0.3, -0.25) is 14.4 Å². The number of imide groups is 1. The van der Waals surface area contributed by atoms with Gasteiger partial charge < -0.3 is 4.90 Å². The van der Waals surface area contributed by atoms with Gasteiger partial charge in [-0.25, -0.2) is 4.90 Å².